The van der Waals surface area contributed by atoms with Gasteiger partial charge >= 0.3 is 0 Å². The minimum Gasteiger partial charge on any atom is -0.467 e. The first-order chi connectivity index (χ1) is 12.5. The molecule has 3 amide bonds. The van der Waals surface area contributed by atoms with E-state index < -0.39 is 11.9 Å². The van der Waals surface area contributed by atoms with E-state index in [0.717, 1.165) is 4.90 Å². The van der Waals surface area contributed by atoms with E-state index in [4.69, 9.17) is 16.0 Å². The maximum atomic E-state index is 12.9. The Morgan fingerprint density at radius 1 is 1.27 bits per heavy atom. The Labute approximate surface area is 156 Å². The first-order valence-electron chi connectivity index (χ1n) is 8.45. The van der Waals surface area contributed by atoms with E-state index in [-0.39, 0.29) is 24.8 Å². The van der Waals surface area contributed by atoms with Crippen molar-refractivity contribution in [2.75, 3.05) is 4.90 Å². The fourth-order valence-corrected chi connectivity index (χ4v) is 3.15. The molecule has 0 bridgehead atoms. The SMILES string of the molecule is CCCC(=O)N(Cc1ccco1)C1CC(=O)N(c2ccc(Cl)cc2)C1=O. The lowest BCUT2D eigenvalue weighted by molar-refractivity contribution is -0.139. The Kier molecular flexibility index (Phi) is 5.42. The molecule has 0 N–H and O–H groups in total. The van der Waals surface area contributed by atoms with Gasteiger partial charge in [0, 0.05) is 11.4 Å². The average molecular weight is 375 g/mol. The van der Waals surface area contributed by atoms with Crippen LogP contribution in [0.3, 0.4) is 0 Å². The van der Waals surface area contributed by atoms with E-state index in [1.54, 1.807) is 36.4 Å². The van der Waals surface area contributed by atoms with Gasteiger partial charge in [0.25, 0.3) is 5.91 Å². The third-order valence-corrected chi connectivity index (χ3v) is 4.53. The molecule has 2 heterocycles. The molecule has 6 nitrogen and oxygen atoms in total. The third kappa shape index (κ3) is 3.65. The van der Waals surface area contributed by atoms with Crippen LogP contribution < -0.4 is 4.90 Å². The topological polar surface area (TPSA) is 70.8 Å². The molecule has 0 radical (unpaired) electrons. The smallest absolute Gasteiger partial charge is 0.257 e. The van der Waals surface area contributed by atoms with Gasteiger partial charge in [-0.3, -0.25) is 14.4 Å². The number of imide groups is 1. The predicted octanol–water partition coefficient (Wildman–Crippen LogP) is 3.39. The highest BCUT2D eigenvalue weighted by molar-refractivity contribution is 6.30. The second kappa shape index (κ2) is 7.74. The molecule has 0 aliphatic carbocycles. The van der Waals surface area contributed by atoms with Gasteiger partial charge in [-0.05, 0) is 42.8 Å². The second-order valence-electron chi connectivity index (χ2n) is 6.11. The van der Waals surface area contributed by atoms with Crippen LogP contribution in [0.25, 0.3) is 0 Å². The lowest BCUT2D eigenvalue weighted by Crippen LogP contribution is -2.45. The standard InChI is InChI=1S/C19H19ClN2O4/c1-2-4-17(23)21(12-15-5-3-10-26-15)16-11-18(24)22(19(16)25)14-8-6-13(20)7-9-14/h3,5-10,16H,2,4,11-12H2,1H3. The van der Waals surface area contributed by atoms with E-state index >= 15 is 0 Å². The molecule has 1 unspecified atom stereocenters. The first-order valence-corrected chi connectivity index (χ1v) is 8.83. The maximum absolute atomic E-state index is 12.9. The quantitative estimate of drug-likeness (QED) is 0.726. The number of hydrogen-bond acceptors (Lipinski definition) is 4. The highest BCUT2D eigenvalue weighted by Gasteiger charge is 2.44. The summed E-state index contributed by atoms with van der Waals surface area (Å²) in [5.41, 5.74) is 0.452. The minimum atomic E-state index is -0.831. The fraction of sp³-hybridized carbons (Fsp3) is 0.316. The van der Waals surface area contributed by atoms with E-state index in [0.29, 0.717) is 29.3 Å². The van der Waals surface area contributed by atoms with E-state index in [1.165, 1.54) is 11.2 Å². The van der Waals surface area contributed by atoms with Crippen molar-refractivity contribution in [1.82, 2.24) is 4.90 Å². The van der Waals surface area contributed by atoms with Crippen molar-refractivity contribution in [3.05, 3.63) is 53.4 Å². The Bertz CT molecular complexity index is 801. The van der Waals surface area contributed by atoms with Crippen LogP contribution in [0.4, 0.5) is 5.69 Å². The number of benzene rings is 1. The van der Waals surface area contributed by atoms with Crippen molar-refractivity contribution >= 4 is 35.0 Å². The number of rotatable bonds is 6. The molecule has 7 heteroatoms. The lowest BCUT2D eigenvalue weighted by Gasteiger charge is -2.26. The number of amides is 3. The van der Waals surface area contributed by atoms with Gasteiger partial charge in [-0.25, -0.2) is 4.90 Å². The predicted molar refractivity (Wildman–Crippen MR) is 96.5 cm³/mol. The Balaban J connectivity index is 1.87. The van der Waals surface area contributed by atoms with Crippen LogP contribution in [0.5, 0.6) is 0 Å². The molecule has 0 saturated carbocycles. The summed E-state index contributed by atoms with van der Waals surface area (Å²) in [5, 5.41) is 0.516. The van der Waals surface area contributed by atoms with Gasteiger partial charge in [0.05, 0.1) is 24.9 Å². The number of halogens is 1. The number of hydrogen-bond donors (Lipinski definition) is 0. The molecule has 1 saturated heterocycles. The highest BCUT2D eigenvalue weighted by atomic mass is 35.5. The molecule has 26 heavy (non-hydrogen) atoms. The van der Waals surface area contributed by atoms with Crippen LogP contribution in [-0.2, 0) is 20.9 Å². The normalized spacial score (nSPS) is 17.0. The molecule has 3 rings (SSSR count). The van der Waals surface area contributed by atoms with Crippen molar-refractivity contribution in [2.24, 2.45) is 0 Å². The van der Waals surface area contributed by atoms with Crippen LogP contribution in [0.15, 0.2) is 47.1 Å². The number of furan rings is 1. The van der Waals surface area contributed by atoms with Crippen molar-refractivity contribution in [3.63, 3.8) is 0 Å². The summed E-state index contributed by atoms with van der Waals surface area (Å²) in [6.45, 7) is 2.05. The molecule has 1 aliphatic heterocycles. The summed E-state index contributed by atoms with van der Waals surface area (Å²) >= 11 is 5.87. The highest BCUT2D eigenvalue weighted by Crippen LogP contribution is 2.28. The zero-order valence-electron chi connectivity index (χ0n) is 14.4. The van der Waals surface area contributed by atoms with Gasteiger partial charge in [0.15, 0.2) is 0 Å². The minimum absolute atomic E-state index is 0.0440. The Morgan fingerprint density at radius 2 is 2.00 bits per heavy atom. The van der Waals surface area contributed by atoms with E-state index in [2.05, 4.69) is 0 Å². The van der Waals surface area contributed by atoms with Crippen molar-refractivity contribution in [3.8, 4) is 0 Å². The summed E-state index contributed by atoms with van der Waals surface area (Å²) in [5.74, 6) is -0.350. The monoisotopic (exact) mass is 374 g/mol. The molecular formula is C19H19ClN2O4. The van der Waals surface area contributed by atoms with E-state index in [1.807, 2.05) is 6.92 Å². The summed E-state index contributed by atoms with van der Waals surface area (Å²) in [7, 11) is 0. The molecule has 1 fully saturated rings. The van der Waals surface area contributed by atoms with Crippen molar-refractivity contribution < 1.29 is 18.8 Å². The fourth-order valence-electron chi connectivity index (χ4n) is 3.02. The number of carbonyl (C=O) groups is 3. The molecule has 1 aliphatic rings. The van der Waals surface area contributed by atoms with Crippen LogP contribution in [-0.4, -0.2) is 28.7 Å². The van der Waals surface area contributed by atoms with Gasteiger partial charge in [0.2, 0.25) is 11.8 Å². The van der Waals surface area contributed by atoms with Gasteiger partial charge in [-0.2, -0.15) is 0 Å². The summed E-state index contributed by atoms with van der Waals surface area (Å²) < 4.78 is 5.32. The van der Waals surface area contributed by atoms with Gasteiger partial charge in [-0.15, -0.1) is 0 Å². The summed E-state index contributed by atoms with van der Waals surface area (Å²) in [4.78, 5) is 40.6. The molecule has 0 spiro atoms. The number of nitrogens with zero attached hydrogens (tertiary/aromatic N) is 2. The second-order valence-corrected chi connectivity index (χ2v) is 6.55. The van der Waals surface area contributed by atoms with Gasteiger partial charge in [-0.1, -0.05) is 18.5 Å². The molecule has 136 valence electrons. The maximum Gasteiger partial charge on any atom is 0.257 e. The van der Waals surface area contributed by atoms with Crippen molar-refractivity contribution in [2.45, 2.75) is 38.8 Å². The molecule has 1 aromatic carbocycles. The molecular weight excluding hydrogens is 356 g/mol. The molecule has 1 aromatic heterocycles. The average Bonchev–Trinajstić information content (AvgIpc) is 3.22. The molecule has 2 aromatic rings. The third-order valence-electron chi connectivity index (χ3n) is 4.27. The number of anilines is 1. The lowest BCUT2D eigenvalue weighted by atomic mass is 10.1. The van der Waals surface area contributed by atoms with Crippen LogP contribution in [0, 0.1) is 0 Å². The van der Waals surface area contributed by atoms with Gasteiger partial charge < -0.3 is 9.32 Å². The number of carbonyl (C=O) groups excluding carboxylic acids is 3. The zero-order chi connectivity index (χ0) is 18.7. The Hall–Kier alpha value is -2.60. The molecule has 1 atom stereocenters. The van der Waals surface area contributed by atoms with Gasteiger partial charge in [0.1, 0.15) is 11.8 Å². The van der Waals surface area contributed by atoms with E-state index in [9.17, 15) is 14.4 Å². The van der Waals surface area contributed by atoms with Crippen molar-refractivity contribution in [1.29, 1.82) is 0 Å². The van der Waals surface area contributed by atoms with Crippen LogP contribution in [0.1, 0.15) is 31.9 Å². The first kappa shape index (κ1) is 18.2. The summed E-state index contributed by atoms with van der Waals surface area (Å²) in [6, 6.07) is 9.10. The largest absolute Gasteiger partial charge is 0.467 e. The summed E-state index contributed by atoms with van der Waals surface area (Å²) in [6.07, 6.45) is 2.43. The van der Waals surface area contributed by atoms with Crippen LogP contribution >= 0.6 is 11.6 Å². The van der Waals surface area contributed by atoms with Crippen LogP contribution in [0.2, 0.25) is 5.02 Å². The zero-order valence-corrected chi connectivity index (χ0v) is 15.1. The Morgan fingerprint density at radius 3 is 2.62 bits per heavy atom.